The molecule has 1 fully saturated rings. The summed E-state index contributed by atoms with van der Waals surface area (Å²) in [6.45, 7) is 10.9. The van der Waals surface area contributed by atoms with Crippen molar-refractivity contribution >= 4 is 24.0 Å². The first-order valence-electron chi connectivity index (χ1n) is 7.65. The third kappa shape index (κ3) is 2.92. The molecule has 0 bridgehead atoms. The van der Waals surface area contributed by atoms with Gasteiger partial charge in [0.2, 0.25) is 0 Å². The number of anilines is 2. The summed E-state index contributed by atoms with van der Waals surface area (Å²) in [5.74, 6) is 0. The molecule has 1 saturated heterocycles. The van der Waals surface area contributed by atoms with E-state index in [-0.39, 0.29) is 0 Å². The summed E-state index contributed by atoms with van der Waals surface area (Å²) >= 11 is 0. The number of nitriles is 1. The number of hydrogen-bond acceptors (Lipinski definition) is 5. The lowest BCUT2D eigenvalue weighted by molar-refractivity contribution is 0.00578. The minimum atomic E-state index is -0.542. The highest BCUT2D eigenvalue weighted by molar-refractivity contribution is 6.64. The molecule has 0 radical (unpaired) electrons. The van der Waals surface area contributed by atoms with E-state index in [1.54, 1.807) is 12.1 Å². The highest BCUT2D eigenvalue weighted by atomic mass is 16.7. The third-order valence-corrected chi connectivity index (χ3v) is 4.39. The number of rotatable bonds is 4. The SMILES string of the molecule is CCCNc1c(N)cc(C#N)cc1B1OC(C)(C)C(C)(C)O1. The van der Waals surface area contributed by atoms with Gasteiger partial charge in [0, 0.05) is 12.0 Å². The largest absolute Gasteiger partial charge is 0.497 e. The quantitative estimate of drug-likeness (QED) is 0.658. The van der Waals surface area contributed by atoms with Gasteiger partial charge in [0.15, 0.2) is 0 Å². The lowest BCUT2D eigenvalue weighted by Gasteiger charge is -2.32. The van der Waals surface area contributed by atoms with Crippen LogP contribution in [0.1, 0.15) is 46.6 Å². The van der Waals surface area contributed by atoms with Crippen molar-refractivity contribution in [1.82, 2.24) is 0 Å². The Bertz CT molecular complexity index is 592. The van der Waals surface area contributed by atoms with Crippen LogP contribution < -0.4 is 16.5 Å². The topological polar surface area (TPSA) is 80.3 Å². The summed E-state index contributed by atoms with van der Waals surface area (Å²) in [5.41, 5.74) is 7.87. The standard InChI is InChI=1S/C16H24BN3O2/c1-6-7-20-14-12(8-11(10-18)9-13(14)19)17-21-15(2,3)16(4,5)22-17/h8-9,20H,6-7,19H2,1-5H3. The lowest BCUT2D eigenvalue weighted by atomic mass is 9.76. The monoisotopic (exact) mass is 301 g/mol. The van der Waals surface area contributed by atoms with E-state index >= 15 is 0 Å². The number of nitrogens with one attached hydrogen (secondary N) is 1. The summed E-state index contributed by atoms with van der Waals surface area (Å²) in [5, 5.41) is 12.5. The van der Waals surface area contributed by atoms with E-state index in [2.05, 4.69) is 18.3 Å². The molecule has 6 heteroatoms. The number of nitrogens with two attached hydrogens (primary N) is 1. The molecule has 118 valence electrons. The molecule has 0 saturated carbocycles. The van der Waals surface area contributed by atoms with Crippen LogP contribution in [0.3, 0.4) is 0 Å². The number of nitrogen functional groups attached to an aromatic ring is 1. The van der Waals surface area contributed by atoms with Gasteiger partial charge in [-0.3, -0.25) is 0 Å². The minimum absolute atomic E-state index is 0.433. The molecule has 0 atom stereocenters. The molecule has 3 N–H and O–H groups in total. The first kappa shape index (κ1) is 16.7. The average molecular weight is 301 g/mol. The molecule has 1 aliphatic heterocycles. The zero-order valence-corrected chi connectivity index (χ0v) is 14.0. The van der Waals surface area contributed by atoms with E-state index < -0.39 is 18.3 Å². The van der Waals surface area contributed by atoms with Gasteiger partial charge >= 0.3 is 7.12 Å². The van der Waals surface area contributed by atoms with Crippen molar-refractivity contribution in [2.24, 2.45) is 0 Å². The summed E-state index contributed by atoms with van der Waals surface area (Å²) in [4.78, 5) is 0. The summed E-state index contributed by atoms with van der Waals surface area (Å²) < 4.78 is 12.2. The van der Waals surface area contributed by atoms with Gasteiger partial charge in [-0.25, -0.2) is 0 Å². The molecule has 22 heavy (non-hydrogen) atoms. The van der Waals surface area contributed by atoms with Gasteiger partial charge in [-0.2, -0.15) is 5.26 Å². The highest BCUT2D eigenvalue weighted by Crippen LogP contribution is 2.37. The van der Waals surface area contributed by atoms with Crippen LogP contribution in [0.5, 0.6) is 0 Å². The Morgan fingerprint density at radius 2 is 1.82 bits per heavy atom. The van der Waals surface area contributed by atoms with Gasteiger partial charge < -0.3 is 20.4 Å². The van der Waals surface area contributed by atoms with Crippen LogP contribution in [-0.4, -0.2) is 24.9 Å². The molecule has 0 amide bonds. The highest BCUT2D eigenvalue weighted by Gasteiger charge is 2.52. The van der Waals surface area contributed by atoms with Gasteiger partial charge in [0.05, 0.1) is 34.2 Å². The van der Waals surface area contributed by atoms with E-state index in [9.17, 15) is 5.26 Å². The van der Waals surface area contributed by atoms with Gasteiger partial charge in [-0.05, 0) is 46.2 Å². The maximum absolute atomic E-state index is 9.19. The average Bonchev–Trinajstić information content (AvgIpc) is 2.65. The zero-order valence-electron chi connectivity index (χ0n) is 14.0. The van der Waals surface area contributed by atoms with Crippen molar-refractivity contribution < 1.29 is 9.31 Å². The van der Waals surface area contributed by atoms with E-state index in [0.717, 1.165) is 24.1 Å². The van der Waals surface area contributed by atoms with Crippen LogP contribution in [0, 0.1) is 11.3 Å². The van der Waals surface area contributed by atoms with Gasteiger partial charge in [0.1, 0.15) is 0 Å². The number of hydrogen-bond donors (Lipinski definition) is 2. The lowest BCUT2D eigenvalue weighted by Crippen LogP contribution is -2.41. The fraction of sp³-hybridized carbons (Fsp3) is 0.562. The maximum Gasteiger partial charge on any atom is 0.497 e. The predicted octanol–water partition coefficient (Wildman–Crippen LogP) is 2.26. The zero-order chi connectivity index (χ0) is 16.5. The van der Waals surface area contributed by atoms with Crippen LogP contribution in [0.25, 0.3) is 0 Å². The first-order chi connectivity index (χ1) is 10.2. The molecular weight excluding hydrogens is 277 g/mol. The molecule has 1 heterocycles. The van der Waals surface area contributed by atoms with Gasteiger partial charge in [-0.1, -0.05) is 6.92 Å². The Hall–Kier alpha value is -1.71. The third-order valence-electron chi connectivity index (χ3n) is 4.39. The Balaban J connectivity index is 2.45. The number of benzene rings is 1. The second kappa shape index (κ2) is 5.83. The summed E-state index contributed by atoms with van der Waals surface area (Å²) in [6, 6.07) is 5.60. The van der Waals surface area contributed by atoms with Gasteiger partial charge in [-0.15, -0.1) is 0 Å². The molecule has 0 unspecified atom stereocenters. The first-order valence-corrected chi connectivity index (χ1v) is 7.65. The predicted molar refractivity (Wildman–Crippen MR) is 90.1 cm³/mol. The molecule has 2 rings (SSSR count). The Kier molecular flexibility index (Phi) is 4.41. The smallest absolute Gasteiger partial charge is 0.399 e. The fourth-order valence-corrected chi connectivity index (χ4v) is 2.36. The van der Waals surface area contributed by atoms with Crippen LogP contribution in [0.4, 0.5) is 11.4 Å². The second-order valence-corrected chi connectivity index (χ2v) is 6.66. The Labute approximate surface area is 132 Å². The summed E-state index contributed by atoms with van der Waals surface area (Å²) in [7, 11) is -0.542. The van der Waals surface area contributed by atoms with Crippen molar-refractivity contribution in [3.63, 3.8) is 0 Å². The normalized spacial score (nSPS) is 19.0. The molecule has 0 aromatic heterocycles. The Morgan fingerprint density at radius 1 is 1.23 bits per heavy atom. The van der Waals surface area contributed by atoms with E-state index in [1.807, 2.05) is 27.7 Å². The molecule has 1 aromatic rings. The Morgan fingerprint density at radius 3 is 2.32 bits per heavy atom. The molecule has 0 aliphatic carbocycles. The van der Waals surface area contributed by atoms with E-state index in [0.29, 0.717) is 11.3 Å². The van der Waals surface area contributed by atoms with Crippen LogP contribution >= 0.6 is 0 Å². The van der Waals surface area contributed by atoms with Crippen molar-refractivity contribution in [2.45, 2.75) is 52.2 Å². The van der Waals surface area contributed by atoms with Crippen LogP contribution in [0.15, 0.2) is 12.1 Å². The van der Waals surface area contributed by atoms with Crippen molar-refractivity contribution in [2.75, 3.05) is 17.6 Å². The van der Waals surface area contributed by atoms with Crippen LogP contribution in [0.2, 0.25) is 0 Å². The van der Waals surface area contributed by atoms with Crippen molar-refractivity contribution in [1.29, 1.82) is 5.26 Å². The van der Waals surface area contributed by atoms with E-state index in [1.165, 1.54) is 0 Å². The van der Waals surface area contributed by atoms with Gasteiger partial charge in [0.25, 0.3) is 0 Å². The van der Waals surface area contributed by atoms with Crippen molar-refractivity contribution in [3.8, 4) is 6.07 Å². The van der Waals surface area contributed by atoms with Crippen LogP contribution in [-0.2, 0) is 9.31 Å². The second-order valence-electron chi connectivity index (χ2n) is 6.66. The number of nitrogens with zero attached hydrogens (tertiary/aromatic N) is 1. The molecule has 1 aromatic carbocycles. The molecule has 0 spiro atoms. The maximum atomic E-state index is 9.19. The summed E-state index contributed by atoms with van der Waals surface area (Å²) in [6.07, 6.45) is 0.974. The molecular formula is C16H24BN3O2. The minimum Gasteiger partial charge on any atom is -0.399 e. The molecule has 1 aliphatic rings. The fourth-order valence-electron chi connectivity index (χ4n) is 2.36. The van der Waals surface area contributed by atoms with Crippen molar-refractivity contribution in [3.05, 3.63) is 17.7 Å². The van der Waals surface area contributed by atoms with E-state index in [4.69, 9.17) is 15.0 Å². The molecule has 5 nitrogen and oxygen atoms in total.